The number of urea groups is 1. The van der Waals surface area contributed by atoms with Crippen LogP contribution < -0.4 is 10.6 Å². The van der Waals surface area contributed by atoms with E-state index in [1.54, 1.807) is 6.92 Å². The van der Waals surface area contributed by atoms with E-state index in [1.807, 2.05) is 24.3 Å². The Morgan fingerprint density at radius 3 is 2.56 bits per heavy atom. The van der Waals surface area contributed by atoms with Crippen LogP contribution in [-0.4, -0.2) is 42.6 Å². The molecule has 168 valence electrons. The summed E-state index contributed by atoms with van der Waals surface area (Å²) in [4.78, 5) is 26.9. The number of ether oxygens (including phenoxy) is 1. The van der Waals surface area contributed by atoms with Gasteiger partial charge in [-0.3, -0.25) is 4.90 Å². The summed E-state index contributed by atoms with van der Waals surface area (Å²) < 4.78 is 24.0. The highest BCUT2D eigenvalue weighted by Gasteiger charge is 2.26. The standard InChI is InChI=1S/C24H26FN3O4/c1-2-31-23(29)22-20(19-5-3-4-6-21(19)32-22)15-28-13-11-18(12-14-28)27-24(30)26-17-9-7-16(25)8-10-17/h3-10,18H,2,11-15H2,1H3,(H2,26,27,30). The summed E-state index contributed by atoms with van der Waals surface area (Å²) in [7, 11) is 0. The SMILES string of the molecule is CCOC(=O)c1oc2ccccc2c1CN1CCC(NC(=O)Nc2ccc(F)cc2)CC1. The number of esters is 1. The van der Waals surface area contributed by atoms with Crippen LogP contribution in [0.2, 0.25) is 0 Å². The molecule has 0 unspecified atom stereocenters. The van der Waals surface area contributed by atoms with Gasteiger partial charge in [-0.25, -0.2) is 14.0 Å². The number of benzene rings is 2. The first-order chi connectivity index (χ1) is 15.5. The average Bonchev–Trinajstić information content (AvgIpc) is 3.15. The van der Waals surface area contributed by atoms with Gasteiger partial charge in [0.2, 0.25) is 5.76 Å². The molecule has 2 amide bonds. The zero-order valence-corrected chi connectivity index (χ0v) is 17.9. The molecule has 4 rings (SSSR count). The summed E-state index contributed by atoms with van der Waals surface area (Å²) in [6.07, 6.45) is 1.56. The van der Waals surface area contributed by atoms with E-state index >= 15 is 0 Å². The molecule has 3 aromatic rings. The van der Waals surface area contributed by atoms with Crippen LogP contribution in [0.5, 0.6) is 0 Å². The van der Waals surface area contributed by atoms with Crippen LogP contribution in [0.1, 0.15) is 35.9 Å². The minimum Gasteiger partial charge on any atom is -0.460 e. The van der Waals surface area contributed by atoms with Crippen molar-refractivity contribution in [2.45, 2.75) is 32.4 Å². The van der Waals surface area contributed by atoms with Gasteiger partial charge in [-0.15, -0.1) is 0 Å². The molecule has 0 radical (unpaired) electrons. The minimum atomic E-state index is -0.451. The van der Waals surface area contributed by atoms with E-state index in [2.05, 4.69) is 15.5 Å². The topological polar surface area (TPSA) is 83.8 Å². The molecular formula is C24H26FN3O4. The van der Waals surface area contributed by atoms with Crippen molar-refractivity contribution in [2.24, 2.45) is 0 Å². The highest BCUT2D eigenvalue weighted by atomic mass is 19.1. The molecule has 2 N–H and O–H groups in total. The highest BCUT2D eigenvalue weighted by Crippen LogP contribution is 2.28. The number of nitrogens with zero attached hydrogens (tertiary/aromatic N) is 1. The van der Waals surface area contributed by atoms with Crippen molar-refractivity contribution in [3.05, 3.63) is 65.7 Å². The van der Waals surface area contributed by atoms with Crippen LogP contribution in [0.15, 0.2) is 52.9 Å². The second-order valence-corrected chi connectivity index (χ2v) is 7.78. The van der Waals surface area contributed by atoms with Gasteiger partial charge in [0.05, 0.1) is 6.61 Å². The Bertz CT molecular complexity index is 1090. The number of halogens is 1. The number of amides is 2. The van der Waals surface area contributed by atoms with Gasteiger partial charge < -0.3 is 19.8 Å². The molecule has 2 aromatic carbocycles. The molecule has 0 atom stereocenters. The van der Waals surface area contributed by atoms with Crippen molar-refractivity contribution in [3.8, 4) is 0 Å². The molecule has 0 saturated carbocycles. The molecule has 1 aromatic heterocycles. The third kappa shape index (κ3) is 5.08. The van der Waals surface area contributed by atoms with E-state index in [9.17, 15) is 14.0 Å². The van der Waals surface area contributed by atoms with Crippen LogP contribution >= 0.6 is 0 Å². The quantitative estimate of drug-likeness (QED) is 0.551. The number of rotatable bonds is 6. The number of hydrogen-bond donors (Lipinski definition) is 2. The molecule has 1 saturated heterocycles. The molecule has 32 heavy (non-hydrogen) atoms. The van der Waals surface area contributed by atoms with Gasteiger partial charge in [0, 0.05) is 42.3 Å². The zero-order valence-electron chi connectivity index (χ0n) is 17.9. The molecule has 2 heterocycles. The third-order valence-electron chi connectivity index (χ3n) is 5.57. The largest absolute Gasteiger partial charge is 0.460 e. The van der Waals surface area contributed by atoms with Crippen molar-refractivity contribution in [3.63, 3.8) is 0 Å². The summed E-state index contributed by atoms with van der Waals surface area (Å²) in [5, 5.41) is 6.61. The number of hydrogen-bond acceptors (Lipinski definition) is 5. The summed E-state index contributed by atoms with van der Waals surface area (Å²) >= 11 is 0. The molecule has 0 spiro atoms. The zero-order chi connectivity index (χ0) is 22.5. The van der Waals surface area contributed by atoms with Crippen LogP contribution in [0.4, 0.5) is 14.9 Å². The smallest absolute Gasteiger partial charge is 0.374 e. The third-order valence-corrected chi connectivity index (χ3v) is 5.57. The molecule has 0 bridgehead atoms. The average molecular weight is 439 g/mol. The Kier molecular flexibility index (Phi) is 6.70. The number of anilines is 1. The van der Waals surface area contributed by atoms with E-state index in [-0.39, 0.29) is 30.3 Å². The number of carbonyl (C=O) groups excluding carboxylic acids is 2. The lowest BCUT2D eigenvalue weighted by atomic mass is 10.0. The molecule has 1 fully saturated rings. The number of para-hydroxylation sites is 1. The first kappa shape index (κ1) is 21.8. The van der Waals surface area contributed by atoms with Crippen LogP contribution in [-0.2, 0) is 11.3 Å². The predicted octanol–water partition coefficient (Wildman–Crippen LogP) is 4.53. The normalized spacial score (nSPS) is 14.9. The molecule has 1 aliphatic rings. The molecule has 0 aliphatic carbocycles. The highest BCUT2D eigenvalue weighted by molar-refractivity contribution is 5.96. The summed E-state index contributed by atoms with van der Waals surface area (Å²) in [5.41, 5.74) is 2.04. The van der Waals surface area contributed by atoms with Gasteiger partial charge in [-0.1, -0.05) is 18.2 Å². The van der Waals surface area contributed by atoms with E-state index in [0.717, 1.165) is 36.9 Å². The fourth-order valence-electron chi connectivity index (χ4n) is 3.96. The monoisotopic (exact) mass is 439 g/mol. The summed E-state index contributed by atoms with van der Waals surface area (Å²) in [6.45, 7) is 4.16. The van der Waals surface area contributed by atoms with Gasteiger partial charge in [0.25, 0.3) is 0 Å². The molecule has 8 heteroatoms. The Labute approximate surface area is 185 Å². The Balaban J connectivity index is 1.35. The Morgan fingerprint density at radius 2 is 1.84 bits per heavy atom. The maximum absolute atomic E-state index is 13.0. The van der Waals surface area contributed by atoms with Crippen LogP contribution in [0.3, 0.4) is 0 Å². The fraction of sp³-hybridized carbons (Fsp3) is 0.333. The number of carbonyl (C=O) groups is 2. The van der Waals surface area contributed by atoms with Gasteiger partial charge in [0.15, 0.2) is 0 Å². The number of piperidine rings is 1. The van der Waals surface area contributed by atoms with Gasteiger partial charge in [-0.05, 0) is 50.1 Å². The number of likely N-dealkylation sites (tertiary alicyclic amines) is 1. The van der Waals surface area contributed by atoms with E-state index < -0.39 is 5.97 Å². The van der Waals surface area contributed by atoms with Gasteiger partial charge in [-0.2, -0.15) is 0 Å². The molecular weight excluding hydrogens is 413 g/mol. The Hall–Kier alpha value is -3.39. The van der Waals surface area contributed by atoms with Gasteiger partial charge in [0.1, 0.15) is 11.4 Å². The number of fused-ring (bicyclic) bond motifs is 1. The first-order valence-electron chi connectivity index (χ1n) is 10.8. The van der Waals surface area contributed by atoms with Crippen LogP contribution in [0, 0.1) is 5.82 Å². The second kappa shape index (κ2) is 9.82. The maximum Gasteiger partial charge on any atom is 0.374 e. The lowest BCUT2D eigenvalue weighted by Gasteiger charge is -2.32. The van der Waals surface area contributed by atoms with E-state index in [0.29, 0.717) is 17.8 Å². The predicted molar refractivity (Wildman–Crippen MR) is 119 cm³/mol. The Morgan fingerprint density at radius 1 is 1.12 bits per heavy atom. The molecule has 7 nitrogen and oxygen atoms in total. The minimum absolute atomic E-state index is 0.0392. The van der Waals surface area contributed by atoms with E-state index in [4.69, 9.17) is 9.15 Å². The van der Waals surface area contributed by atoms with Crippen LogP contribution in [0.25, 0.3) is 11.0 Å². The summed E-state index contributed by atoms with van der Waals surface area (Å²) in [6, 6.07) is 13.0. The van der Waals surface area contributed by atoms with Crippen molar-refractivity contribution < 1.29 is 23.1 Å². The van der Waals surface area contributed by atoms with Crippen molar-refractivity contribution in [1.29, 1.82) is 0 Å². The number of nitrogens with one attached hydrogen (secondary N) is 2. The fourth-order valence-corrected chi connectivity index (χ4v) is 3.96. The van der Waals surface area contributed by atoms with Gasteiger partial charge >= 0.3 is 12.0 Å². The summed E-state index contributed by atoms with van der Waals surface area (Å²) in [5.74, 6) is -0.542. The number of furan rings is 1. The van der Waals surface area contributed by atoms with Crippen molar-refractivity contribution in [1.82, 2.24) is 10.2 Å². The van der Waals surface area contributed by atoms with Crippen molar-refractivity contribution in [2.75, 3.05) is 25.0 Å². The molecule has 1 aliphatic heterocycles. The lowest BCUT2D eigenvalue weighted by molar-refractivity contribution is 0.0488. The lowest BCUT2D eigenvalue weighted by Crippen LogP contribution is -2.45. The maximum atomic E-state index is 13.0. The van der Waals surface area contributed by atoms with E-state index in [1.165, 1.54) is 24.3 Å². The first-order valence-corrected chi connectivity index (χ1v) is 10.8. The van der Waals surface area contributed by atoms with Crippen molar-refractivity contribution >= 4 is 28.7 Å². The second-order valence-electron chi connectivity index (χ2n) is 7.78.